The van der Waals surface area contributed by atoms with Crippen LogP contribution in [0.4, 0.5) is 25.3 Å². The van der Waals surface area contributed by atoms with Crippen molar-refractivity contribution in [2.24, 2.45) is 0 Å². The van der Waals surface area contributed by atoms with Crippen molar-refractivity contribution in [3.05, 3.63) is 101 Å². The summed E-state index contributed by atoms with van der Waals surface area (Å²) >= 11 is 1.38. The Kier molecular flexibility index (Phi) is 8.73. The molecule has 2 N–H and O–H groups in total. The quantitative estimate of drug-likeness (QED) is 0.207. The highest BCUT2D eigenvalue weighted by molar-refractivity contribution is 7.14. The van der Waals surface area contributed by atoms with Crippen molar-refractivity contribution in [1.82, 2.24) is 19.3 Å². The molecule has 0 aliphatic rings. The van der Waals surface area contributed by atoms with Crippen LogP contribution in [0.25, 0.3) is 22.7 Å². The lowest BCUT2D eigenvalue weighted by Gasteiger charge is -2.14. The normalized spacial score (nSPS) is 10.9. The first-order chi connectivity index (χ1) is 18.8. The lowest BCUT2D eigenvalue weighted by Crippen LogP contribution is -2.10. The molecule has 5 rings (SSSR count). The molecule has 0 spiro atoms. The number of nitrogens with one attached hydrogen (secondary N) is 2. The van der Waals surface area contributed by atoms with Crippen LogP contribution in [0.15, 0.2) is 72.9 Å². The van der Waals surface area contributed by atoms with Crippen molar-refractivity contribution in [3.8, 4) is 11.4 Å². The van der Waals surface area contributed by atoms with Crippen molar-refractivity contribution in [1.29, 1.82) is 0 Å². The van der Waals surface area contributed by atoms with Gasteiger partial charge in [0.2, 0.25) is 0 Å². The van der Waals surface area contributed by atoms with Gasteiger partial charge in [0, 0.05) is 29.4 Å². The Morgan fingerprint density at radius 1 is 1.08 bits per heavy atom. The number of hydrogen-bond donors (Lipinski definition) is 2. The fraction of sp³-hybridized carbons (Fsp3) is 0.200. The maximum absolute atomic E-state index is 15.0. The third kappa shape index (κ3) is 6.32. The predicted molar refractivity (Wildman–Crippen MR) is 159 cm³/mol. The van der Waals surface area contributed by atoms with Gasteiger partial charge in [-0.1, -0.05) is 38.6 Å². The van der Waals surface area contributed by atoms with Gasteiger partial charge in [-0.3, -0.25) is 4.40 Å². The summed E-state index contributed by atoms with van der Waals surface area (Å²) in [7, 11) is 4.06. The van der Waals surface area contributed by atoms with E-state index in [4.69, 9.17) is 0 Å². The van der Waals surface area contributed by atoms with Crippen molar-refractivity contribution < 1.29 is 8.78 Å². The fourth-order valence-corrected chi connectivity index (χ4v) is 4.77. The molecule has 0 fully saturated rings. The van der Waals surface area contributed by atoms with E-state index in [1.807, 2.05) is 43.9 Å². The summed E-state index contributed by atoms with van der Waals surface area (Å²) in [5, 5.41) is 8.48. The number of aromatic nitrogens is 3. The largest absolute Gasteiger partial charge is 0.353 e. The van der Waals surface area contributed by atoms with Crippen LogP contribution in [-0.4, -0.2) is 33.4 Å². The standard InChI is InChI=1S/C28H26F2N6S.C2H6/c1-17-6-5-7-21(29)27(17)32-18(2)20-8-9-23(22(30)13-20)33-28-34-24(16-37-28)25-14-31-26-12-19(15-35(3)4)10-11-36(25)26;1-2/h5-14,16,32H,2,15H2,1,3-4H3,(H,33,34);1-2H3. The first kappa shape index (κ1) is 27.9. The number of pyridine rings is 1. The summed E-state index contributed by atoms with van der Waals surface area (Å²) in [6.07, 6.45) is 3.78. The van der Waals surface area contributed by atoms with Gasteiger partial charge in [0.1, 0.15) is 23.0 Å². The van der Waals surface area contributed by atoms with E-state index in [2.05, 4.69) is 44.2 Å². The number of nitrogens with zero attached hydrogens (tertiary/aromatic N) is 4. The molecule has 202 valence electrons. The van der Waals surface area contributed by atoms with Crippen LogP contribution in [0.2, 0.25) is 0 Å². The second kappa shape index (κ2) is 12.2. The van der Waals surface area contributed by atoms with E-state index in [9.17, 15) is 8.78 Å². The highest BCUT2D eigenvalue weighted by Crippen LogP contribution is 2.30. The third-order valence-electron chi connectivity index (χ3n) is 5.90. The van der Waals surface area contributed by atoms with Crippen LogP contribution in [0.1, 0.15) is 30.5 Å². The SMILES string of the molecule is C=C(Nc1c(C)cccc1F)c1ccc(Nc2nc(-c3cnc4cc(CN(C)C)ccn34)cs2)c(F)c1.CC. The van der Waals surface area contributed by atoms with Crippen LogP contribution in [0, 0.1) is 18.6 Å². The number of halogens is 2. The molecule has 2 aromatic carbocycles. The molecule has 9 heteroatoms. The number of fused-ring (bicyclic) bond motifs is 1. The average molecular weight is 547 g/mol. The second-order valence-electron chi connectivity index (χ2n) is 9.04. The second-order valence-corrected chi connectivity index (χ2v) is 9.90. The maximum Gasteiger partial charge on any atom is 0.187 e. The number of thiazole rings is 1. The van der Waals surface area contributed by atoms with Gasteiger partial charge in [0.25, 0.3) is 0 Å². The molecule has 0 amide bonds. The minimum Gasteiger partial charge on any atom is -0.353 e. The van der Waals surface area contributed by atoms with E-state index >= 15 is 0 Å². The predicted octanol–water partition coefficient (Wildman–Crippen LogP) is 7.96. The Labute approximate surface area is 231 Å². The number of benzene rings is 2. The Bertz CT molecular complexity index is 1580. The lowest BCUT2D eigenvalue weighted by atomic mass is 10.1. The van der Waals surface area contributed by atoms with Gasteiger partial charge in [0.15, 0.2) is 5.13 Å². The fourth-order valence-electron chi connectivity index (χ4n) is 4.06. The molecule has 0 bridgehead atoms. The Balaban J connectivity index is 0.00000172. The van der Waals surface area contributed by atoms with E-state index in [0.29, 0.717) is 22.1 Å². The Morgan fingerprint density at radius 2 is 1.87 bits per heavy atom. The number of para-hydroxylation sites is 1. The van der Waals surface area contributed by atoms with Crippen LogP contribution in [0.3, 0.4) is 0 Å². The first-order valence-electron chi connectivity index (χ1n) is 12.6. The molecule has 0 radical (unpaired) electrons. The molecule has 3 heterocycles. The molecule has 6 nitrogen and oxygen atoms in total. The molecule has 5 aromatic rings. The molecule has 3 aromatic heterocycles. The van der Waals surface area contributed by atoms with Crippen LogP contribution in [0.5, 0.6) is 0 Å². The van der Waals surface area contributed by atoms with Gasteiger partial charge in [-0.15, -0.1) is 11.3 Å². The highest BCUT2D eigenvalue weighted by atomic mass is 32.1. The van der Waals surface area contributed by atoms with Gasteiger partial charge in [-0.2, -0.15) is 0 Å². The summed E-state index contributed by atoms with van der Waals surface area (Å²) in [6.45, 7) is 10.6. The monoisotopic (exact) mass is 546 g/mol. The average Bonchev–Trinajstić information content (AvgIpc) is 3.55. The number of rotatable bonds is 8. The Hall–Kier alpha value is -4.08. The molecular formula is C30H32F2N6S. The van der Waals surface area contributed by atoms with Crippen molar-refractivity contribution >= 4 is 39.2 Å². The van der Waals surface area contributed by atoms with Crippen LogP contribution >= 0.6 is 11.3 Å². The minimum absolute atomic E-state index is 0.283. The summed E-state index contributed by atoms with van der Waals surface area (Å²) < 4.78 is 31.1. The number of hydrogen-bond acceptors (Lipinski definition) is 6. The molecule has 0 atom stereocenters. The number of anilines is 3. The lowest BCUT2D eigenvalue weighted by molar-refractivity contribution is 0.402. The number of imidazole rings is 1. The zero-order valence-electron chi connectivity index (χ0n) is 22.7. The third-order valence-corrected chi connectivity index (χ3v) is 6.66. The smallest absolute Gasteiger partial charge is 0.187 e. The van der Waals surface area contributed by atoms with E-state index in [-0.39, 0.29) is 11.5 Å². The summed E-state index contributed by atoms with van der Waals surface area (Å²) in [6, 6.07) is 13.6. The van der Waals surface area contributed by atoms with Crippen molar-refractivity contribution in [3.63, 3.8) is 0 Å². The molecule has 0 saturated carbocycles. The van der Waals surface area contributed by atoms with Crippen LogP contribution < -0.4 is 10.6 Å². The minimum atomic E-state index is -0.467. The molecule has 0 saturated heterocycles. The summed E-state index contributed by atoms with van der Waals surface area (Å²) in [5.41, 5.74) is 5.89. The number of aryl methyl sites for hydroxylation is 1. The molecular weight excluding hydrogens is 514 g/mol. The molecule has 0 unspecified atom stereocenters. The van der Waals surface area contributed by atoms with Gasteiger partial charge in [-0.25, -0.2) is 18.7 Å². The zero-order valence-corrected chi connectivity index (χ0v) is 23.5. The van der Waals surface area contributed by atoms with Gasteiger partial charge in [-0.05, 0) is 62.5 Å². The Morgan fingerprint density at radius 3 is 2.59 bits per heavy atom. The summed E-state index contributed by atoms with van der Waals surface area (Å²) in [4.78, 5) is 11.3. The maximum atomic E-state index is 15.0. The topological polar surface area (TPSA) is 57.5 Å². The van der Waals surface area contributed by atoms with Gasteiger partial charge < -0.3 is 15.5 Å². The molecule has 0 aliphatic heterocycles. The summed E-state index contributed by atoms with van der Waals surface area (Å²) in [5.74, 6) is -0.856. The molecule has 0 aliphatic carbocycles. The van der Waals surface area contributed by atoms with E-state index in [1.54, 1.807) is 37.4 Å². The van der Waals surface area contributed by atoms with Gasteiger partial charge >= 0.3 is 0 Å². The van der Waals surface area contributed by atoms with Crippen molar-refractivity contribution in [2.75, 3.05) is 24.7 Å². The van der Waals surface area contributed by atoms with Crippen molar-refractivity contribution in [2.45, 2.75) is 27.3 Å². The van der Waals surface area contributed by atoms with E-state index in [1.165, 1.54) is 29.0 Å². The highest BCUT2D eigenvalue weighted by Gasteiger charge is 2.14. The van der Waals surface area contributed by atoms with Crippen LogP contribution in [-0.2, 0) is 6.54 Å². The zero-order chi connectivity index (χ0) is 28.1. The first-order valence-corrected chi connectivity index (χ1v) is 13.5. The van der Waals surface area contributed by atoms with E-state index in [0.717, 1.165) is 29.1 Å². The molecule has 39 heavy (non-hydrogen) atoms. The van der Waals surface area contributed by atoms with E-state index < -0.39 is 5.82 Å². The van der Waals surface area contributed by atoms with Gasteiger partial charge in [0.05, 0.1) is 23.3 Å².